The lowest BCUT2D eigenvalue weighted by atomic mass is 9.73. The highest BCUT2D eigenvalue weighted by molar-refractivity contribution is 7.89. The summed E-state index contributed by atoms with van der Waals surface area (Å²) in [5, 5.41) is 1.78. The van der Waals surface area contributed by atoms with Crippen LogP contribution >= 0.6 is 0 Å². The molecule has 0 spiro atoms. The average Bonchev–Trinajstić information content (AvgIpc) is 2.91. The molecule has 7 heteroatoms. The van der Waals surface area contributed by atoms with Crippen LogP contribution < -0.4 is 4.72 Å². The summed E-state index contributed by atoms with van der Waals surface area (Å²) < 4.78 is 31.0. The van der Waals surface area contributed by atoms with Crippen LogP contribution in [0, 0.1) is 11.8 Å². The van der Waals surface area contributed by atoms with Crippen LogP contribution in [0.25, 0.3) is 21.8 Å². The van der Waals surface area contributed by atoms with Gasteiger partial charge in [-0.1, -0.05) is 42.5 Å². The number of hydrogen-bond donors (Lipinski definition) is 1. The van der Waals surface area contributed by atoms with E-state index in [0.29, 0.717) is 17.4 Å². The fourth-order valence-electron chi connectivity index (χ4n) is 5.99. The number of sulfonamides is 1. The van der Waals surface area contributed by atoms with Gasteiger partial charge in [0, 0.05) is 35.8 Å². The van der Waals surface area contributed by atoms with E-state index in [1.807, 2.05) is 48.5 Å². The van der Waals surface area contributed by atoms with Crippen LogP contribution in [-0.4, -0.2) is 42.4 Å². The number of aromatic nitrogens is 2. The van der Waals surface area contributed by atoms with Gasteiger partial charge in [0.25, 0.3) is 0 Å². The molecule has 35 heavy (non-hydrogen) atoms. The van der Waals surface area contributed by atoms with Gasteiger partial charge < -0.3 is 0 Å². The van der Waals surface area contributed by atoms with Crippen molar-refractivity contribution >= 4 is 31.8 Å². The predicted octanol–water partition coefficient (Wildman–Crippen LogP) is 4.70. The molecule has 3 fully saturated rings. The van der Waals surface area contributed by atoms with Crippen molar-refractivity contribution in [2.45, 2.75) is 29.8 Å². The summed E-state index contributed by atoms with van der Waals surface area (Å²) in [6, 6.07) is 18.5. The van der Waals surface area contributed by atoms with Crippen LogP contribution in [0.3, 0.4) is 0 Å². The van der Waals surface area contributed by atoms with E-state index in [9.17, 15) is 8.42 Å². The lowest BCUT2D eigenvalue weighted by Gasteiger charge is -2.51. The molecule has 6 nitrogen and oxygen atoms in total. The second-order valence-electron chi connectivity index (χ2n) is 9.59. The van der Waals surface area contributed by atoms with E-state index in [-0.39, 0.29) is 10.9 Å². The molecule has 0 amide bonds. The van der Waals surface area contributed by atoms with Crippen molar-refractivity contribution in [3.8, 4) is 0 Å². The molecule has 0 aliphatic carbocycles. The molecule has 3 aliphatic rings. The summed E-state index contributed by atoms with van der Waals surface area (Å²) in [7, 11) is -3.87. The zero-order valence-corrected chi connectivity index (χ0v) is 20.2. The molecule has 2 aromatic heterocycles. The molecule has 2 bridgehead atoms. The molecule has 3 saturated heterocycles. The van der Waals surface area contributed by atoms with Crippen LogP contribution in [-0.2, 0) is 10.0 Å². The fraction of sp³-hybridized carbons (Fsp3) is 0.286. The van der Waals surface area contributed by atoms with E-state index in [1.54, 1.807) is 24.5 Å². The molecule has 4 aromatic rings. The van der Waals surface area contributed by atoms with Gasteiger partial charge in [-0.2, -0.15) is 0 Å². The van der Waals surface area contributed by atoms with Gasteiger partial charge in [-0.3, -0.25) is 14.9 Å². The first kappa shape index (κ1) is 22.3. The number of para-hydroxylation sites is 2. The number of pyridine rings is 2. The summed E-state index contributed by atoms with van der Waals surface area (Å²) in [6.45, 7) is 5.93. The number of hydrogen-bond acceptors (Lipinski definition) is 5. The maximum Gasteiger partial charge on any atom is 0.243 e. The number of nitrogens with zero attached hydrogens (tertiary/aromatic N) is 3. The van der Waals surface area contributed by atoms with E-state index < -0.39 is 16.1 Å². The van der Waals surface area contributed by atoms with Gasteiger partial charge in [-0.15, -0.1) is 6.58 Å². The number of benzene rings is 2. The summed E-state index contributed by atoms with van der Waals surface area (Å²) in [5.41, 5.74) is 2.30. The number of fused-ring (bicyclic) bond motifs is 5. The monoisotopic (exact) mass is 484 g/mol. The van der Waals surface area contributed by atoms with Crippen LogP contribution in [0.1, 0.15) is 24.4 Å². The number of nitrogens with one attached hydrogen (secondary N) is 1. The highest BCUT2D eigenvalue weighted by Crippen LogP contribution is 2.42. The van der Waals surface area contributed by atoms with E-state index >= 15 is 0 Å². The molecular formula is C28H28N4O2S. The minimum atomic E-state index is -3.87. The van der Waals surface area contributed by atoms with Gasteiger partial charge in [0.15, 0.2) is 0 Å². The zero-order valence-electron chi connectivity index (χ0n) is 19.4. The van der Waals surface area contributed by atoms with E-state index in [0.717, 1.165) is 47.8 Å². The first-order valence-corrected chi connectivity index (χ1v) is 13.6. The van der Waals surface area contributed by atoms with Crippen molar-refractivity contribution in [1.29, 1.82) is 0 Å². The largest absolute Gasteiger partial charge is 0.298 e. The summed E-state index contributed by atoms with van der Waals surface area (Å²) in [5.74, 6) is 0.968. The third kappa shape index (κ3) is 3.93. The van der Waals surface area contributed by atoms with Gasteiger partial charge in [-0.05, 0) is 61.1 Å². The minimum absolute atomic E-state index is 0.0495. The Morgan fingerprint density at radius 2 is 1.89 bits per heavy atom. The van der Waals surface area contributed by atoms with E-state index in [1.165, 1.54) is 0 Å². The molecule has 3 aliphatic heterocycles. The Morgan fingerprint density at radius 1 is 1.03 bits per heavy atom. The van der Waals surface area contributed by atoms with Gasteiger partial charge >= 0.3 is 0 Å². The average molecular weight is 485 g/mol. The van der Waals surface area contributed by atoms with Gasteiger partial charge in [0.05, 0.1) is 17.1 Å². The first-order chi connectivity index (χ1) is 17.0. The van der Waals surface area contributed by atoms with Crippen LogP contribution in [0.2, 0.25) is 0 Å². The maximum absolute atomic E-state index is 13.9. The second-order valence-corrected chi connectivity index (χ2v) is 11.3. The van der Waals surface area contributed by atoms with Gasteiger partial charge in [0.1, 0.15) is 4.90 Å². The Bertz CT molecular complexity index is 1510. The lowest BCUT2D eigenvalue weighted by Crippen LogP contribution is -2.57. The summed E-state index contributed by atoms with van der Waals surface area (Å²) in [6.07, 6.45) is 7.53. The zero-order chi connectivity index (χ0) is 24.0. The molecule has 178 valence electrons. The Hall–Kier alpha value is -3.13. The lowest BCUT2D eigenvalue weighted by molar-refractivity contribution is 0.00490. The second kappa shape index (κ2) is 8.82. The van der Waals surface area contributed by atoms with Crippen molar-refractivity contribution in [3.63, 3.8) is 0 Å². The maximum atomic E-state index is 13.9. The quantitative estimate of drug-likeness (QED) is 0.402. The summed E-state index contributed by atoms with van der Waals surface area (Å²) in [4.78, 5) is 11.6. The topological polar surface area (TPSA) is 75.2 Å². The highest BCUT2D eigenvalue weighted by Gasteiger charge is 2.44. The van der Waals surface area contributed by atoms with Crippen LogP contribution in [0.15, 0.2) is 90.6 Å². The number of piperidine rings is 3. The molecule has 2 aromatic carbocycles. The van der Waals surface area contributed by atoms with Crippen molar-refractivity contribution in [1.82, 2.24) is 19.6 Å². The minimum Gasteiger partial charge on any atom is -0.298 e. The molecule has 1 N–H and O–H groups in total. The Balaban J connectivity index is 1.47. The normalized spacial score (nSPS) is 25.0. The Morgan fingerprint density at radius 3 is 2.71 bits per heavy atom. The van der Waals surface area contributed by atoms with Crippen molar-refractivity contribution in [2.75, 3.05) is 13.1 Å². The van der Waals surface area contributed by atoms with Gasteiger partial charge in [0.2, 0.25) is 10.0 Å². The Kier molecular flexibility index (Phi) is 5.63. The first-order valence-electron chi connectivity index (χ1n) is 12.1. The predicted molar refractivity (Wildman–Crippen MR) is 138 cm³/mol. The van der Waals surface area contributed by atoms with E-state index in [2.05, 4.69) is 32.2 Å². The Labute approximate surface area is 205 Å². The van der Waals surface area contributed by atoms with Crippen molar-refractivity contribution < 1.29 is 8.42 Å². The van der Waals surface area contributed by atoms with E-state index in [4.69, 9.17) is 0 Å². The van der Waals surface area contributed by atoms with Crippen LogP contribution in [0.5, 0.6) is 0 Å². The summed E-state index contributed by atoms with van der Waals surface area (Å²) >= 11 is 0. The molecule has 3 unspecified atom stereocenters. The standard InChI is InChI=1S/C28H28N4O2S/c1-2-19-18-32-16-13-21(19)17-25(32)28(23-12-15-29-24-10-4-3-9-22(23)24)31-35(33,34)26-11-5-7-20-8-6-14-30-27(20)26/h2-12,14-15,19,21,25,28,31H,1,13,16-18H2/t19?,21?,25-,28-/m1/s1. The third-order valence-corrected chi connectivity index (χ3v) is 9.20. The molecule has 5 heterocycles. The van der Waals surface area contributed by atoms with Gasteiger partial charge in [-0.25, -0.2) is 13.1 Å². The fourth-order valence-corrected chi connectivity index (χ4v) is 7.41. The molecular weight excluding hydrogens is 456 g/mol. The van der Waals surface area contributed by atoms with Crippen molar-refractivity contribution in [2.24, 2.45) is 11.8 Å². The molecule has 0 radical (unpaired) electrons. The van der Waals surface area contributed by atoms with Crippen molar-refractivity contribution in [3.05, 3.63) is 91.3 Å². The van der Waals surface area contributed by atoms with Crippen LogP contribution in [0.4, 0.5) is 0 Å². The molecule has 0 saturated carbocycles. The molecule has 7 rings (SSSR count). The SMILES string of the molecule is C=CC1CN2CCC1C[C@@H]2[C@H](NS(=O)(=O)c1cccc2cccnc12)c1ccnc2ccccc12. The highest BCUT2D eigenvalue weighted by atomic mass is 32.2. The smallest absolute Gasteiger partial charge is 0.243 e. The number of rotatable bonds is 6. The third-order valence-electron chi connectivity index (χ3n) is 7.72. The molecule has 5 atom stereocenters.